The van der Waals surface area contributed by atoms with E-state index in [9.17, 15) is 9.59 Å². The molecule has 0 aliphatic heterocycles. The second-order valence-electron chi connectivity index (χ2n) is 5.31. The van der Waals surface area contributed by atoms with Gasteiger partial charge in [0.2, 0.25) is 4.96 Å². The van der Waals surface area contributed by atoms with Crippen LogP contribution in [0.2, 0.25) is 0 Å². The maximum Gasteiger partial charge on any atom is 0.349 e. The van der Waals surface area contributed by atoms with Gasteiger partial charge >= 0.3 is 5.63 Å². The molecule has 24 heavy (non-hydrogen) atoms. The highest BCUT2D eigenvalue weighted by atomic mass is 32.1. The molecule has 120 valence electrons. The average molecular weight is 340 g/mol. The highest BCUT2D eigenvalue weighted by Crippen LogP contribution is 2.21. The number of benzene rings is 1. The first-order valence-electron chi connectivity index (χ1n) is 7.20. The van der Waals surface area contributed by atoms with Crippen LogP contribution in [0, 0.1) is 13.8 Å². The van der Waals surface area contributed by atoms with Gasteiger partial charge in [-0.05, 0) is 26.0 Å². The lowest BCUT2D eigenvalue weighted by Gasteiger charge is -2.01. The zero-order chi connectivity index (χ0) is 16.8. The SMILES string of the molecule is Cc1sc2nc(NC(=O)c3cc4ccccc4oc3=O)nn2c1C. The van der Waals surface area contributed by atoms with Crippen molar-refractivity contribution in [2.45, 2.75) is 13.8 Å². The van der Waals surface area contributed by atoms with Gasteiger partial charge in [0.15, 0.2) is 0 Å². The van der Waals surface area contributed by atoms with Crippen molar-refractivity contribution in [3.63, 3.8) is 0 Å². The molecule has 0 spiro atoms. The van der Waals surface area contributed by atoms with E-state index in [-0.39, 0.29) is 11.5 Å². The largest absolute Gasteiger partial charge is 0.422 e. The van der Waals surface area contributed by atoms with Crippen molar-refractivity contribution in [3.8, 4) is 0 Å². The number of nitrogens with zero attached hydrogens (tertiary/aromatic N) is 3. The van der Waals surface area contributed by atoms with Crippen molar-refractivity contribution >= 4 is 39.1 Å². The second-order valence-corrected chi connectivity index (χ2v) is 6.49. The van der Waals surface area contributed by atoms with Crippen LogP contribution in [0.25, 0.3) is 15.9 Å². The van der Waals surface area contributed by atoms with Gasteiger partial charge < -0.3 is 4.42 Å². The number of aromatic nitrogens is 3. The first kappa shape index (κ1) is 14.6. The fourth-order valence-corrected chi connectivity index (χ4v) is 3.29. The molecule has 3 aromatic heterocycles. The predicted molar refractivity (Wildman–Crippen MR) is 90.8 cm³/mol. The molecule has 1 amide bonds. The molecular formula is C16H12N4O3S. The minimum absolute atomic E-state index is 0.0836. The maximum atomic E-state index is 12.4. The molecule has 1 aromatic carbocycles. The van der Waals surface area contributed by atoms with Crippen LogP contribution in [0.15, 0.2) is 39.5 Å². The Bertz CT molecular complexity index is 1160. The van der Waals surface area contributed by atoms with Gasteiger partial charge in [-0.3, -0.25) is 10.1 Å². The van der Waals surface area contributed by atoms with E-state index < -0.39 is 11.5 Å². The lowest BCUT2D eigenvalue weighted by Crippen LogP contribution is -2.21. The van der Waals surface area contributed by atoms with Crippen LogP contribution in [0.5, 0.6) is 0 Å². The number of hydrogen-bond acceptors (Lipinski definition) is 6. The lowest BCUT2D eigenvalue weighted by atomic mass is 10.2. The highest BCUT2D eigenvalue weighted by Gasteiger charge is 2.17. The molecule has 0 aliphatic carbocycles. The molecule has 4 rings (SSSR count). The summed E-state index contributed by atoms with van der Waals surface area (Å²) in [5.74, 6) is -0.441. The van der Waals surface area contributed by atoms with Crippen molar-refractivity contribution in [2.75, 3.05) is 5.32 Å². The zero-order valence-electron chi connectivity index (χ0n) is 12.9. The summed E-state index contributed by atoms with van der Waals surface area (Å²) in [5.41, 5.74) is 0.623. The number of anilines is 1. The Morgan fingerprint density at radius 3 is 2.88 bits per heavy atom. The molecule has 0 atom stereocenters. The Morgan fingerprint density at radius 2 is 2.08 bits per heavy atom. The molecule has 7 nitrogen and oxygen atoms in total. The second kappa shape index (κ2) is 5.27. The third-order valence-electron chi connectivity index (χ3n) is 3.76. The molecule has 0 aliphatic rings. The van der Waals surface area contributed by atoms with Crippen LogP contribution < -0.4 is 10.9 Å². The fraction of sp³-hybridized carbons (Fsp3) is 0.125. The molecule has 0 radical (unpaired) electrons. The topological polar surface area (TPSA) is 89.5 Å². The molecule has 0 unspecified atom stereocenters. The quantitative estimate of drug-likeness (QED) is 0.567. The van der Waals surface area contributed by atoms with Gasteiger partial charge in [-0.25, -0.2) is 9.31 Å². The summed E-state index contributed by atoms with van der Waals surface area (Å²) >= 11 is 1.49. The summed E-state index contributed by atoms with van der Waals surface area (Å²) in [4.78, 5) is 30.4. The van der Waals surface area contributed by atoms with Crippen LogP contribution in [-0.2, 0) is 0 Å². The van der Waals surface area contributed by atoms with E-state index >= 15 is 0 Å². The normalized spacial score (nSPS) is 11.2. The number of thiazole rings is 1. The molecular weight excluding hydrogens is 328 g/mol. The van der Waals surface area contributed by atoms with Crippen molar-refractivity contribution in [1.29, 1.82) is 0 Å². The first-order valence-corrected chi connectivity index (χ1v) is 8.01. The summed E-state index contributed by atoms with van der Waals surface area (Å²) in [5, 5.41) is 7.47. The molecule has 0 saturated heterocycles. The van der Waals surface area contributed by atoms with E-state index in [0.29, 0.717) is 15.9 Å². The van der Waals surface area contributed by atoms with Crippen molar-refractivity contribution in [3.05, 3.63) is 56.9 Å². The monoisotopic (exact) mass is 340 g/mol. The Hall–Kier alpha value is -3.00. The number of carbonyl (C=O) groups is 1. The summed E-state index contributed by atoms with van der Waals surface area (Å²) in [6, 6.07) is 8.52. The van der Waals surface area contributed by atoms with Gasteiger partial charge in [0.25, 0.3) is 11.9 Å². The van der Waals surface area contributed by atoms with Crippen molar-refractivity contribution < 1.29 is 9.21 Å². The third-order valence-corrected chi connectivity index (χ3v) is 4.81. The third kappa shape index (κ3) is 2.28. The van der Waals surface area contributed by atoms with Crippen LogP contribution in [0.1, 0.15) is 20.9 Å². The molecule has 3 heterocycles. The number of carbonyl (C=O) groups excluding carboxylic acids is 1. The smallest absolute Gasteiger partial charge is 0.349 e. The number of nitrogens with one attached hydrogen (secondary N) is 1. The van der Waals surface area contributed by atoms with E-state index in [1.54, 1.807) is 28.8 Å². The molecule has 1 N–H and O–H groups in total. The summed E-state index contributed by atoms with van der Waals surface area (Å²) in [7, 11) is 0. The van der Waals surface area contributed by atoms with E-state index in [4.69, 9.17) is 4.42 Å². The average Bonchev–Trinajstić information content (AvgIpc) is 3.05. The van der Waals surface area contributed by atoms with E-state index in [0.717, 1.165) is 10.6 Å². The van der Waals surface area contributed by atoms with Gasteiger partial charge in [0.1, 0.15) is 11.1 Å². The van der Waals surface area contributed by atoms with Crippen LogP contribution >= 0.6 is 11.3 Å². The zero-order valence-corrected chi connectivity index (χ0v) is 13.7. The number of rotatable bonds is 2. The van der Waals surface area contributed by atoms with Gasteiger partial charge in [-0.2, -0.15) is 4.98 Å². The molecule has 0 fully saturated rings. The molecule has 4 aromatic rings. The highest BCUT2D eigenvalue weighted by molar-refractivity contribution is 7.17. The molecule has 0 saturated carbocycles. The summed E-state index contributed by atoms with van der Waals surface area (Å²) < 4.78 is 6.84. The van der Waals surface area contributed by atoms with E-state index in [2.05, 4.69) is 15.4 Å². The summed E-state index contributed by atoms with van der Waals surface area (Å²) in [6.45, 7) is 3.91. The van der Waals surface area contributed by atoms with Crippen LogP contribution in [0.3, 0.4) is 0 Å². The minimum atomic E-state index is -0.695. The van der Waals surface area contributed by atoms with Gasteiger partial charge in [0, 0.05) is 10.3 Å². The number of amides is 1. The number of aryl methyl sites for hydroxylation is 2. The Labute approximate surface area is 139 Å². The fourth-order valence-electron chi connectivity index (χ4n) is 2.38. The molecule has 8 heteroatoms. The van der Waals surface area contributed by atoms with Crippen LogP contribution in [-0.4, -0.2) is 20.5 Å². The minimum Gasteiger partial charge on any atom is -0.422 e. The van der Waals surface area contributed by atoms with Crippen molar-refractivity contribution in [2.24, 2.45) is 0 Å². The van der Waals surface area contributed by atoms with Crippen molar-refractivity contribution in [1.82, 2.24) is 14.6 Å². The Morgan fingerprint density at radius 1 is 1.29 bits per heavy atom. The molecule has 0 bridgehead atoms. The predicted octanol–water partition coefficient (Wildman–Crippen LogP) is 2.77. The Kier molecular flexibility index (Phi) is 3.20. The van der Waals surface area contributed by atoms with Crippen LogP contribution in [0.4, 0.5) is 5.95 Å². The standard InChI is InChI=1S/C16H12N4O3S/c1-8-9(2)24-16-18-15(19-20(8)16)17-13(21)11-7-10-5-3-4-6-12(10)23-14(11)22/h3-7H,1-2H3,(H,17,19,21). The van der Waals surface area contributed by atoms with Gasteiger partial charge in [0.05, 0.1) is 5.69 Å². The Balaban J connectivity index is 1.70. The number of para-hydroxylation sites is 1. The summed E-state index contributed by atoms with van der Waals surface area (Å²) in [6.07, 6.45) is 0. The maximum absolute atomic E-state index is 12.4. The number of hydrogen-bond donors (Lipinski definition) is 1. The van der Waals surface area contributed by atoms with Gasteiger partial charge in [-0.1, -0.05) is 29.5 Å². The van der Waals surface area contributed by atoms with Gasteiger partial charge in [-0.15, -0.1) is 5.10 Å². The number of fused-ring (bicyclic) bond motifs is 2. The van der Waals surface area contributed by atoms with E-state index in [1.807, 2.05) is 13.8 Å². The lowest BCUT2D eigenvalue weighted by molar-refractivity contribution is 0.102. The first-order chi connectivity index (χ1) is 11.5. The van der Waals surface area contributed by atoms with E-state index in [1.165, 1.54) is 17.4 Å².